The predicted molar refractivity (Wildman–Crippen MR) is 148 cm³/mol. The zero-order valence-corrected chi connectivity index (χ0v) is 23.3. The van der Waals surface area contributed by atoms with Crippen molar-refractivity contribution in [3.63, 3.8) is 0 Å². The molecule has 35 heavy (non-hydrogen) atoms. The predicted octanol–water partition coefficient (Wildman–Crippen LogP) is 8.82. The van der Waals surface area contributed by atoms with E-state index in [1.807, 2.05) is 20.8 Å². The second-order valence-corrected chi connectivity index (χ2v) is 9.22. The average molecular weight is 536 g/mol. The molecule has 0 saturated carbocycles. The molecule has 1 aliphatic rings. The number of benzene rings is 4. The molecule has 0 fully saturated rings. The van der Waals surface area contributed by atoms with E-state index in [-0.39, 0.29) is 24.8 Å². The van der Waals surface area contributed by atoms with Crippen LogP contribution < -0.4 is 0 Å². The fourth-order valence-corrected chi connectivity index (χ4v) is 5.96. The minimum atomic E-state index is -0.748. The van der Waals surface area contributed by atoms with Crippen LogP contribution in [0.4, 0.5) is 0 Å². The zero-order chi connectivity index (χ0) is 23.0. The SMILES string of the molecule is CC1=CC(C)C(c2ccc3ccccc3c2C([O][Ti])(c2ccccc2)c2ccccc2)=C1C.Cl.Cl. The quantitative estimate of drug-likeness (QED) is 0.183. The maximum absolute atomic E-state index is 6.66. The molecule has 0 N–H and O–H groups in total. The molecule has 177 valence electrons. The number of allylic oxidation sites excluding steroid dienone is 4. The molecule has 0 bridgehead atoms. The third-order valence-electron chi connectivity index (χ3n) is 7.04. The Morgan fingerprint density at radius 2 is 1.26 bits per heavy atom. The Morgan fingerprint density at radius 3 is 1.77 bits per heavy atom. The molecule has 1 atom stereocenters. The summed E-state index contributed by atoms with van der Waals surface area (Å²) < 4.78 is 6.66. The van der Waals surface area contributed by atoms with Crippen LogP contribution in [0.25, 0.3) is 16.3 Å². The molecule has 5 rings (SSSR count). The van der Waals surface area contributed by atoms with Gasteiger partial charge >= 0.3 is 209 Å². The van der Waals surface area contributed by atoms with Crippen molar-refractivity contribution in [2.45, 2.75) is 26.4 Å². The summed E-state index contributed by atoms with van der Waals surface area (Å²) >= 11 is 1.84. The third kappa shape index (κ3) is 4.57. The van der Waals surface area contributed by atoms with Gasteiger partial charge in [0.05, 0.1) is 0 Å². The summed E-state index contributed by atoms with van der Waals surface area (Å²) in [7, 11) is 0. The van der Waals surface area contributed by atoms with E-state index in [9.17, 15) is 0 Å². The van der Waals surface area contributed by atoms with E-state index in [2.05, 4.69) is 124 Å². The van der Waals surface area contributed by atoms with E-state index in [1.165, 1.54) is 38.6 Å². The number of halogens is 2. The third-order valence-corrected chi connectivity index (χ3v) is 7.51. The Morgan fingerprint density at radius 1 is 0.714 bits per heavy atom. The number of hydrogen-bond acceptors (Lipinski definition) is 1. The van der Waals surface area contributed by atoms with E-state index >= 15 is 0 Å². The molecular weight excluding hydrogens is 507 g/mol. The summed E-state index contributed by atoms with van der Waals surface area (Å²) in [6.45, 7) is 6.77. The van der Waals surface area contributed by atoms with Crippen LogP contribution in [0.5, 0.6) is 0 Å². The molecule has 0 aromatic heterocycles. The summed E-state index contributed by atoms with van der Waals surface area (Å²) in [6.07, 6.45) is 2.38. The first-order valence-electron chi connectivity index (χ1n) is 11.5. The van der Waals surface area contributed by atoms with E-state index in [4.69, 9.17) is 3.32 Å². The Labute approximate surface area is 233 Å². The molecule has 0 radical (unpaired) electrons. The van der Waals surface area contributed by atoms with Crippen molar-refractivity contribution >= 4 is 41.2 Å². The summed E-state index contributed by atoms with van der Waals surface area (Å²) in [4.78, 5) is 0. The van der Waals surface area contributed by atoms with Gasteiger partial charge in [-0.15, -0.1) is 24.8 Å². The van der Waals surface area contributed by atoms with E-state index in [0.29, 0.717) is 5.92 Å². The van der Waals surface area contributed by atoms with Gasteiger partial charge in [-0.2, -0.15) is 0 Å². The van der Waals surface area contributed by atoms with Gasteiger partial charge in [0.2, 0.25) is 0 Å². The van der Waals surface area contributed by atoms with Gasteiger partial charge in [-0.3, -0.25) is 0 Å². The second-order valence-electron chi connectivity index (χ2n) is 8.90. The molecule has 1 unspecified atom stereocenters. The van der Waals surface area contributed by atoms with Gasteiger partial charge in [0.15, 0.2) is 0 Å². The van der Waals surface area contributed by atoms with Crippen molar-refractivity contribution in [1.82, 2.24) is 0 Å². The van der Waals surface area contributed by atoms with Crippen LogP contribution in [-0.2, 0) is 29.7 Å². The van der Waals surface area contributed by atoms with Crippen LogP contribution in [-0.4, -0.2) is 0 Å². The first-order chi connectivity index (χ1) is 16.1. The zero-order valence-electron chi connectivity index (χ0n) is 20.1. The molecule has 0 heterocycles. The van der Waals surface area contributed by atoms with Crippen LogP contribution in [0.2, 0.25) is 0 Å². The first kappa shape index (κ1) is 27.5. The average Bonchev–Trinajstić information content (AvgIpc) is 3.12. The molecular formula is C31H29Cl2OTi. The number of hydrogen-bond donors (Lipinski definition) is 0. The molecule has 1 nitrogen and oxygen atoms in total. The maximum atomic E-state index is 6.66. The van der Waals surface area contributed by atoms with Gasteiger partial charge in [-0.05, 0) is 0 Å². The standard InChI is InChI=1S/C31H27O.2ClH.Ti/c1-21-20-22(2)29(23(21)3)28-19-18-24-12-10-11-17-27(24)30(28)31(32,25-13-6-4-7-14-25)26-15-8-5-9-16-26;;;/h4-20,22H,1-3H3;2*1H;/q-1;;;+1. The number of fused-ring (bicyclic) bond motifs is 1. The maximum Gasteiger partial charge on any atom is -0.147 e. The van der Waals surface area contributed by atoms with E-state index < -0.39 is 5.60 Å². The molecule has 0 spiro atoms. The van der Waals surface area contributed by atoms with Crippen molar-refractivity contribution in [2.75, 3.05) is 0 Å². The molecule has 4 heteroatoms. The molecule has 1 aliphatic carbocycles. The molecule has 4 aromatic rings. The fraction of sp³-hybridized carbons (Fsp3) is 0.161. The topological polar surface area (TPSA) is 9.23 Å². The first-order valence-corrected chi connectivity index (χ1v) is 12.1. The fourth-order valence-electron chi connectivity index (χ4n) is 5.43. The largest absolute Gasteiger partial charge is 0.147 e. The van der Waals surface area contributed by atoms with Crippen LogP contribution in [0, 0.1) is 5.92 Å². The molecule has 0 saturated heterocycles. The smallest absolute Gasteiger partial charge is 0.147 e. The van der Waals surface area contributed by atoms with Gasteiger partial charge in [0.1, 0.15) is 0 Å². The van der Waals surface area contributed by atoms with E-state index in [0.717, 1.165) is 11.1 Å². The second kappa shape index (κ2) is 11.3. The monoisotopic (exact) mass is 535 g/mol. The minimum Gasteiger partial charge on any atom is -0.147 e. The number of rotatable bonds is 5. The van der Waals surface area contributed by atoms with Crippen LogP contribution in [0.1, 0.15) is 43.0 Å². The normalized spacial score (nSPS) is 15.4. The van der Waals surface area contributed by atoms with Gasteiger partial charge in [0.25, 0.3) is 0 Å². The van der Waals surface area contributed by atoms with Crippen molar-refractivity contribution in [3.05, 3.63) is 137 Å². The Kier molecular flexibility index (Phi) is 8.86. The van der Waals surface area contributed by atoms with Crippen molar-refractivity contribution in [2.24, 2.45) is 5.92 Å². The Balaban J connectivity index is 0.00000171. The summed E-state index contributed by atoms with van der Waals surface area (Å²) in [6, 6.07) is 34.5. The van der Waals surface area contributed by atoms with Crippen molar-refractivity contribution in [1.29, 1.82) is 0 Å². The van der Waals surface area contributed by atoms with Crippen LogP contribution in [0.3, 0.4) is 0 Å². The molecule has 0 amide bonds. The summed E-state index contributed by atoms with van der Waals surface area (Å²) in [5.41, 5.74) is 8.11. The molecule has 4 aromatic carbocycles. The van der Waals surface area contributed by atoms with Gasteiger partial charge in [0, 0.05) is 0 Å². The van der Waals surface area contributed by atoms with E-state index in [1.54, 1.807) is 0 Å². The van der Waals surface area contributed by atoms with Crippen LogP contribution in [0.15, 0.2) is 114 Å². The minimum absolute atomic E-state index is 0. The Hall–Kier alpha value is -2.13. The summed E-state index contributed by atoms with van der Waals surface area (Å²) in [5, 5.41) is 2.44. The van der Waals surface area contributed by atoms with Gasteiger partial charge in [-0.25, -0.2) is 0 Å². The molecule has 0 aliphatic heterocycles. The summed E-state index contributed by atoms with van der Waals surface area (Å²) in [5.74, 6) is 0.353. The van der Waals surface area contributed by atoms with Crippen molar-refractivity contribution in [3.8, 4) is 0 Å². The Bertz CT molecular complexity index is 1340. The van der Waals surface area contributed by atoms with Gasteiger partial charge < -0.3 is 0 Å². The van der Waals surface area contributed by atoms with Gasteiger partial charge in [-0.1, -0.05) is 0 Å². The van der Waals surface area contributed by atoms with Crippen LogP contribution >= 0.6 is 24.8 Å². The van der Waals surface area contributed by atoms with Crippen molar-refractivity contribution < 1.29 is 24.1 Å².